The molecule has 4 heterocycles. The van der Waals surface area contributed by atoms with Gasteiger partial charge < -0.3 is 19.5 Å². The quantitative estimate of drug-likeness (QED) is 0.254. The molecule has 0 aliphatic carbocycles. The first-order chi connectivity index (χ1) is 20.0. The Bertz CT molecular complexity index is 1740. The molecule has 5 aromatic rings. The zero-order valence-corrected chi connectivity index (χ0v) is 22.7. The molecule has 0 unspecified atom stereocenters. The minimum absolute atomic E-state index is 0.0908. The average Bonchev–Trinajstić information content (AvgIpc) is 3.69. The summed E-state index contributed by atoms with van der Waals surface area (Å²) in [4.78, 5) is 50.9. The average molecular weight is 549 g/mol. The van der Waals surface area contributed by atoms with Crippen molar-refractivity contribution in [3.05, 3.63) is 96.4 Å². The molecule has 1 aliphatic heterocycles. The molecule has 1 N–H and O–H groups in total. The van der Waals surface area contributed by atoms with Crippen molar-refractivity contribution in [3.63, 3.8) is 0 Å². The van der Waals surface area contributed by atoms with Gasteiger partial charge in [0.25, 0.3) is 17.6 Å². The monoisotopic (exact) mass is 548 g/mol. The van der Waals surface area contributed by atoms with Gasteiger partial charge in [-0.15, -0.1) is 0 Å². The molecular weight excluding hydrogens is 520 g/mol. The van der Waals surface area contributed by atoms with E-state index in [9.17, 15) is 14.4 Å². The third-order valence-corrected chi connectivity index (χ3v) is 7.39. The smallest absolute Gasteiger partial charge is 0.295 e. The number of Topliss-reactive ketones (excluding diaryl/α,β-unsaturated/α-hetero) is 1. The van der Waals surface area contributed by atoms with Crippen molar-refractivity contribution in [3.8, 4) is 22.8 Å². The minimum Gasteiger partial charge on any atom is -0.494 e. The first-order valence-corrected chi connectivity index (χ1v) is 13.3. The second-order valence-electron chi connectivity index (χ2n) is 9.91. The Kier molecular flexibility index (Phi) is 6.80. The Morgan fingerprint density at radius 3 is 2.41 bits per heavy atom. The third-order valence-electron chi connectivity index (χ3n) is 7.39. The van der Waals surface area contributed by atoms with E-state index in [0.29, 0.717) is 34.6 Å². The van der Waals surface area contributed by atoms with E-state index >= 15 is 0 Å². The SMILES string of the molecule is COc1cnc(-n2ccc(-c3ccccc3)n2)c2[nH]cc(C(=O)C(=O)N3CCN(C(=O)c4ccccc4)[C@H](C)C3)c12. The van der Waals surface area contributed by atoms with Crippen LogP contribution in [0.2, 0.25) is 0 Å². The summed E-state index contributed by atoms with van der Waals surface area (Å²) in [5, 5.41) is 5.13. The topological polar surface area (TPSA) is 113 Å². The van der Waals surface area contributed by atoms with Gasteiger partial charge in [-0.3, -0.25) is 14.4 Å². The molecule has 41 heavy (non-hydrogen) atoms. The fourth-order valence-electron chi connectivity index (χ4n) is 5.27. The largest absolute Gasteiger partial charge is 0.494 e. The second kappa shape index (κ2) is 10.7. The van der Waals surface area contributed by atoms with Crippen molar-refractivity contribution >= 4 is 28.5 Å². The number of ketones is 1. The van der Waals surface area contributed by atoms with E-state index in [4.69, 9.17) is 4.74 Å². The van der Waals surface area contributed by atoms with Gasteiger partial charge >= 0.3 is 0 Å². The number of carbonyl (C=O) groups excluding carboxylic acids is 3. The van der Waals surface area contributed by atoms with Crippen LogP contribution >= 0.6 is 0 Å². The summed E-state index contributed by atoms with van der Waals surface area (Å²) in [6.45, 7) is 2.73. The summed E-state index contributed by atoms with van der Waals surface area (Å²) in [6.07, 6.45) is 4.83. The van der Waals surface area contributed by atoms with Crippen LogP contribution in [0.3, 0.4) is 0 Å². The molecule has 1 atom stereocenters. The van der Waals surface area contributed by atoms with Gasteiger partial charge in [0.2, 0.25) is 0 Å². The lowest BCUT2D eigenvalue weighted by molar-refractivity contribution is -0.128. The van der Waals surface area contributed by atoms with Crippen LogP contribution in [0.5, 0.6) is 5.75 Å². The van der Waals surface area contributed by atoms with Gasteiger partial charge in [-0.25, -0.2) is 9.67 Å². The van der Waals surface area contributed by atoms with Gasteiger partial charge in [0.1, 0.15) is 5.75 Å². The standard InChI is InChI=1S/C31H28N6O4/c1-20-19-35(15-16-36(20)30(39)22-11-7-4-8-12-22)31(40)28(38)23-17-32-27-26(23)25(41-2)18-33-29(27)37-14-13-24(34-37)21-9-5-3-6-10-21/h3-14,17-18,20,32H,15-16,19H2,1-2H3/t20-/m1/s1. The molecule has 0 bridgehead atoms. The number of piperazine rings is 1. The number of amides is 2. The van der Waals surface area contributed by atoms with Gasteiger partial charge in [0.15, 0.2) is 5.82 Å². The van der Waals surface area contributed by atoms with E-state index in [2.05, 4.69) is 15.1 Å². The van der Waals surface area contributed by atoms with Crippen molar-refractivity contribution in [2.24, 2.45) is 0 Å². The van der Waals surface area contributed by atoms with Crippen molar-refractivity contribution in [1.82, 2.24) is 29.5 Å². The fourth-order valence-corrected chi connectivity index (χ4v) is 5.27. The Balaban J connectivity index is 1.26. The summed E-state index contributed by atoms with van der Waals surface area (Å²) in [7, 11) is 1.49. The van der Waals surface area contributed by atoms with E-state index in [1.165, 1.54) is 24.4 Å². The lowest BCUT2D eigenvalue weighted by Crippen LogP contribution is -2.56. The molecule has 0 radical (unpaired) electrons. The maximum atomic E-state index is 13.6. The number of benzene rings is 2. The molecule has 2 aromatic carbocycles. The Labute approximate surface area is 236 Å². The van der Waals surface area contributed by atoms with E-state index in [1.54, 1.807) is 27.9 Å². The van der Waals surface area contributed by atoms with E-state index in [-0.39, 0.29) is 30.6 Å². The zero-order chi connectivity index (χ0) is 28.5. The minimum atomic E-state index is -0.660. The lowest BCUT2D eigenvalue weighted by atomic mass is 10.1. The Hall–Kier alpha value is -5.25. The summed E-state index contributed by atoms with van der Waals surface area (Å²) in [6, 6.07) is 20.5. The number of pyridine rings is 1. The molecule has 0 saturated carbocycles. The Morgan fingerprint density at radius 2 is 1.71 bits per heavy atom. The summed E-state index contributed by atoms with van der Waals surface area (Å²) >= 11 is 0. The molecule has 1 fully saturated rings. The number of H-pyrrole nitrogens is 1. The highest BCUT2D eigenvalue weighted by Gasteiger charge is 2.34. The first kappa shape index (κ1) is 26.0. The molecule has 0 spiro atoms. The number of nitrogens with zero attached hydrogens (tertiary/aromatic N) is 5. The number of rotatable bonds is 6. The molecule has 1 aliphatic rings. The number of fused-ring (bicyclic) bond motifs is 1. The predicted octanol–water partition coefficient (Wildman–Crippen LogP) is 3.98. The molecule has 206 valence electrons. The molecule has 6 rings (SSSR count). The highest BCUT2D eigenvalue weighted by atomic mass is 16.5. The fraction of sp³-hybridized carbons (Fsp3) is 0.194. The van der Waals surface area contributed by atoms with Gasteiger partial charge in [0.05, 0.1) is 35.5 Å². The molecule has 10 nitrogen and oxygen atoms in total. The number of aromatic amines is 1. The third kappa shape index (κ3) is 4.73. The predicted molar refractivity (Wildman–Crippen MR) is 153 cm³/mol. The van der Waals surface area contributed by atoms with Crippen LogP contribution in [0.1, 0.15) is 27.6 Å². The maximum absolute atomic E-state index is 13.6. The maximum Gasteiger partial charge on any atom is 0.295 e. The van der Waals surface area contributed by atoms with Crippen LogP contribution in [0, 0.1) is 0 Å². The van der Waals surface area contributed by atoms with Crippen LogP contribution in [0.4, 0.5) is 0 Å². The number of hydrogen-bond donors (Lipinski definition) is 1. The van der Waals surface area contributed by atoms with Gasteiger partial charge in [-0.2, -0.15) is 5.10 Å². The normalized spacial score (nSPS) is 15.2. The van der Waals surface area contributed by atoms with E-state index in [0.717, 1.165) is 11.3 Å². The number of hydrogen-bond acceptors (Lipinski definition) is 6. The van der Waals surface area contributed by atoms with Crippen LogP contribution in [0.25, 0.3) is 28.0 Å². The van der Waals surface area contributed by atoms with Gasteiger partial charge in [-0.05, 0) is 25.1 Å². The van der Waals surface area contributed by atoms with Crippen molar-refractivity contribution in [2.75, 3.05) is 26.7 Å². The number of ether oxygens (including phenoxy) is 1. The van der Waals surface area contributed by atoms with E-state index < -0.39 is 11.7 Å². The molecule has 2 amide bonds. The lowest BCUT2D eigenvalue weighted by Gasteiger charge is -2.39. The van der Waals surface area contributed by atoms with E-state index in [1.807, 2.05) is 61.5 Å². The number of nitrogens with one attached hydrogen (secondary N) is 1. The van der Waals surface area contributed by atoms with Crippen molar-refractivity contribution < 1.29 is 19.1 Å². The Morgan fingerprint density at radius 1 is 0.976 bits per heavy atom. The van der Waals surface area contributed by atoms with Gasteiger partial charge in [-0.1, -0.05) is 48.5 Å². The summed E-state index contributed by atoms with van der Waals surface area (Å²) in [5.41, 5.74) is 3.04. The highest BCUT2D eigenvalue weighted by molar-refractivity contribution is 6.45. The second-order valence-corrected chi connectivity index (χ2v) is 9.91. The summed E-state index contributed by atoms with van der Waals surface area (Å²) in [5.74, 6) is -0.547. The van der Waals surface area contributed by atoms with Crippen LogP contribution < -0.4 is 4.74 Å². The van der Waals surface area contributed by atoms with Gasteiger partial charge in [0, 0.05) is 49.2 Å². The molecule has 1 saturated heterocycles. The summed E-state index contributed by atoms with van der Waals surface area (Å²) < 4.78 is 7.16. The molecule has 3 aromatic heterocycles. The van der Waals surface area contributed by atoms with Crippen LogP contribution in [-0.4, -0.2) is 79.9 Å². The first-order valence-electron chi connectivity index (χ1n) is 13.3. The van der Waals surface area contributed by atoms with Crippen molar-refractivity contribution in [2.45, 2.75) is 13.0 Å². The molecular formula is C31H28N6O4. The number of carbonyl (C=O) groups is 3. The van der Waals surface area contributed by atoms with Crippen LogP contribution in [-0.2, 0) is 4.79 Å². The number of aromatic nitrogens is 4. The zero-order valence-electron chi connectivity index (χ0n) is 22.7. The van der Waals surface area contributed by atoms with Crippen LogP contribution in [0.15, 0.2) is 85.3 Å². The molecule has 10 heteroatoms. The van der Waals surface area contributed by atoms with Crippen molar-refractivity contribution in [1.29, 1.82) is 0 Å². The highest BCUT2D eigenvalue weighted by Crippen LogP contribution is 2.32. The number of methoxy groups -OCH3 is 1.